The lowest BCUT2D eigenvalue weighted by atomic mass is 9.91. The van der Waals surface area contributed by atoms with Crippen LogP contribution in [0.5, 0.6) is 0 Å². The third-order valence-corrected chi connectivity index (χ3v) is 5.62. The number of amides is 1. The molecule has 3 heterocycles. The van der Waals surface area contributed by atoms with Crippen LogP contribution < -0.4 is 10.6 Å². The number of carbonyl (C=O) groups is 1. The number of anilines is 1. The molecule has 2 aliphatic heterocycles. The SMILES string of the molecule is COC1(C(=O)Nc2ccc(-c3ncc4n3CCCC4)cc2)CCNCC1. The average Bonchev–Trinajstić information content (AvgIpc) is 3.13. The van der Waals surface area contributed by atoms with E-state index in [1.807, 2.05) is 30.5 Å². The Balaban J connectivity index is 1.49. The minimum absolute atomic E-state index is 0.0626. The Kier molecular flexibility index (Phi) is 4.78. The van der Waals surface area contributed by atoms with Gasteiger partial charge in [0, 0.05) is 36.8 Å². The summed E-state index contributed by atoms with van der Waals surface area (Å²) in [5.74, 6) is 0.955. The fraction of sp³-hybridized carbons (Fsp3) is 0.500. The van der Waals surface area contributed by atoms with Crippen molar-refractivity contribution in [3.8, 4) is 11.4 Å². The topological polar surface area (TPSA) is 68.2 Å². The van der Waals surface area contributed by atoms with Crippen LogP contribution in [-0.4, -0.2) is 41.3 Å². The zero-order valence-corrected chi connectivity index (χ0v) is 15.3. The molecular weight excluding hydrogens is 328 g/mol. The first-order valence-electron chi connectivity index (χ1n) is 9.44. The van der Waals surface area contributed by atoms with Gasteiger partial charge in [0.15, 0.2) is 0 Å². The number of piperidine rings is 1. The Morgan fingerprint density at radius 3 is 2.73 bits per heavy atom. The lowest BCUT2D eigenvalue weighted by Gasteiger charge is -2.34. The number of methoxy groups -OCH3 is 1. The monoisotopic (exact) mass is 354 g/mol. The molecule has 1 saturated heterocycles. The van der Waals surface area contributed by atoms with Crippen molar-refractivity contribution in [1.82, 2.24) is 14.9 Å². The fourth-order valence-corrected chi connectivity index (χ4v) is 3.97. The van der Waals surface area contributed by atoms with E-state index in [9.17, 15) is 4.79 Å². The van der Waals surface area contributed by atoms with Crippen molar-refractivity contribution in [3.63, 3.8) is 0 Å². The van der Waals surface area contributed by atoms with E-state index in [-0.39, 0.29) is 5.91 Å². The van der Waals surface area contributed by atoms with E-state index in [2.05, 4.69) is 20.2 Å². The highest BCUT2D eigenvalue weighted by atomic mass is 16.5. The van der Waals surface area contributed by atoms with Gasteiger partial charge in [-0.25, -0.2) is 4.98 Å². The molecule has 0 unspecified atom stereocenters. The van der Waals surface area contributed by atoms with Crippen LogP contribution >= 0.6 is 0 Å². The number of rotatable bonds is 4. The van der Waals surface area contributed by atoms with E-state index in [1.54, 1.807) is 7.11 Å². The predicted octanol–water partition coefficient (Wildman–Crippen LogP) is 2.59. The number of aromatic nitrogens is 2. The smallest absolute Gasteiger partial charge is 0.256 e. The summed E-state index contributed by atoms with van der Waals surface area (Å²) in [7, 11) is 1.62. The minimum atomic E-state index is -0.730. The molecule has 0 radical (unpaired) electrons. The Bertz CT molecular complexity index is 776. The quantitative estimate of drug-likeness (QED) is 0.886. The first kappa shape index (κ1) is 17.2. The molecule has 2 aliphatic rings. The van der Waals surface area contributed by atoms with Crippen LogP contribution in [0.25, 0.3) is 11.4 Å². The van der Waals surface area contributed by atoms with Crippen molar-refractivity contribution in [1.29, 1.82) is 0 Å². The Hall–Kier alpha value is -2.18. The second kappa shape index (κ2) is 7.21. The van der Waals surface area contributed by atoms with Gasteiger partial charge < -0.3 is 19.9 Å². The first-order chi connectivity index (χ1) is 12.7. The van der Waals surface area contributed by atoms with Crippen molar-refractivity contribution in [2.24, 2.45) is 0 Å². The van der Waals surface area contributed by atoms with E-state index in [0.29, 0.717) is 12.8 Å². The molecule has 0 aliphatic carbocycles. The number of nitrogens with one attached hydrogen (secondary N) is 2. The Morgan fingerprint density at radius 2 is 2.00 bits per heavy atom. The maximum absolute atomic E-state index is 12.7. The molecule has 6 heteroatoms. The van der Waals surface area contributed by atoms with Crippen molar-refractivity contribution in [2.45, 2.75) is 44.2 Å². The Labute approximate surface area is 154 Å². The highest BCUT2D eigenvalue weighted by Gasteiger charge is 2.39. The maximum Gasteiger partial charge on any atom is 0.256 e. The molecule has 0 saturated carbocycles. The number of hydrogen-bond acceptors (Lipinski definition) is 4. The number of benzene rings is 1. The van der Waals surface area contributed by atoms with Gasteiger partial charge in [-0.2, -0.15) is 0 Å². The largest absolute Gasteiger partial charge is 0.368 e. The molecular formula is C20H26N4O2. The Morgan fingerprint density at radius 1 is 1.23 bits per heavy atom. The van der Waals surface area contributed by atoms with Crippen LogP contribution in [0.4, 0.5) is 5.69 Å². The van der Waals surface area contributed by atoms with E-state index >= 15 is 0 Å². The van der Waals surface area contributed by atoms with Gasteiger partial charge in [-0.3, -0.25) is 4.79 Å². The predicted molar refractivity (Wildman–Crippen MR) is 101 cm³/mol. The van der Waals surface area contributed by atoms with Crippen LogP contribution in [0.3, 0.4) is 0 Å². The second-order valence-corrected chi connectivity index (χ2v) is 7.16. The van der Waals surface area contributed by atoms with Crippen molar-refractivity contribution >= 4 is 11.6 Å². The van der Waals surface area contributed by atoms with Crippen LogP contribution in [0, 0.1) is 0 Å². The third kappa shape index (κ3) is 3.15. The molecule has 0 atom stereocenters. The molecule has 1 fully saturated rings. The molecule has 1 amide bonds. The third-order valence-electron chi connectivity index (χ3n) is 5.62. The van der Waals surface area contributed by atoms with E-state index in [4.69, 9.17) is 4.74 Å². The van der Waals surface area contributed by atoms with Crippen molar-refractivity contribution in [3.05, 3.63) is 36.2 Å². The average molecular weight is 354 g/mol. The summed E-state index contributed by atoms with van der Waals surface area (Å²) in [4.78, 5) is 17.4. The fourth-order valence-electron chi connectivity index (χ4n) is 3.97. The van der Waals surface area contributed by atoms with E-state index in [0.717, 1.165) is 43.1 Å². The van der Waals surface area contributed by atoms with E-state index in [1.165, 1.54) is 18.5 Å². The van der Waals surface area contributed by atoms with Gasteiger partial charge in [-0.1, -0.05) is 0 Å². The number of carbonyl (C=O) groups excluding carboxylic acids is 1. The molecule has 0 spiro atoms. The molecule has 6 nitrogen and oxygen atoms in total. The standard InChI is InChI=1S/C20H26N4O2/c1-26-20(9-11-21-12-10-20)19(25)23-16-7-5-15(6-8-16)18-22-14-17-4-2-3-13-24(17)18/h5-8,14,21H,2-4,9-13H2,1H3,(H,23,25). The summed E-state index contributed by atoms with van der Waals surface area (Å²) >= 11 is 0. The van der Waals surface area contributed by atoms with Gasteiger partial charge >= 0.3 is 0 Å². The summed E-state index contributed by atoms with van der Waals surface area (Å²) < 4.78 is 7.90. The molecule has 138 valence electrons. The van der Waals surface area contributed by atoms with Crippen LogP contribution in [-0.2, 0) is 22.5 Å². The highest BCUT2D eigenvalue weighted by molar-refractivity contribution is 5.97. The number of aryl methyl sites for hydroxylation is 1. The molecule has 1 aromatic carbocycles. The molecule has 2 N–H and O–H groups in total. The van der Waals surface area contributed by atoms with Crippen molar-refractivity contribution in [2.75, 3.05) is 25.5 Å². The van der Waals surface area contributed by atoms with Gasteiger partial charge in [-0.15, -0.1) is 0 Å². The summed E-state index contributed by atoms with van der Waals surface area (Å²) in [6.45, 7) is 2.63. The maximum atomic E-state index is 12.7. The minimum Gasteiger partial charge on any atom is -0.368 e. The number of hydrogen-bond donors (Lipinski definition) is 2. The van der Waals surface area contributed by atoms with Crippen LogP contribution in [0.2, 0.25) is 0 Å². The van der Waals surface area contributed by atoms with Gasteiger partial charge in [0.05, 0.1) is 0 Å². The number of imidazole rings is 1. The van der Waals surface area contributed by atoms with Crippen LogP contribution in [0.15, 0.2) is 30.5 Å². The molecule has 0 bridgehead atoms. The molecule has 4 rings (SSSR count). The van der Waals surface area contributed by atoms with Gasteiger partial charge in [0.2, 0.25) is 0 Å². The second-order valence-electron chi connectivity index (χ2n) is 7.16. The first-order valence-corrected chi connectivity index (χ1v) is 9.44. The summed E-state index contributed by atoms with van der Waals surface area (Å²) in [5, 5.41) is 6.29. The normalized spacial score (nSPS) is 19.0. The number of fused-ring (bicyclic) bond motifs is 1. The van der Waals surface area contributed by atoms with Crippen molar-refractivity contribution < 1.29 is 9.53 Å². The van der Waals surface area contributed by atoms with Gasteiger partial charge in [0.1, 0.15) is 11.4 Å². The lowest BCUT2D eigenvalue weighted by Crippen LogP contribution is -2.51. The highest BCUT2D eigenvalue weighted by Crippen LogP contribution is 2.27. The summed E-state index contributed by atoms with van der Waals surface area (Å²) in [6, 6.07) is 7.95. The molecule has 2 aromatic rings. The zero-order valence-electron chi connectivity index (χ0n) is 15.3. The van der Waals surface area contributed by atoms with E-state index < -0.39 is 5.60 Å². The van der Waals surface area contributed by atoms with Gasteiger partial charge in [0.25, 0.3) is 5.91 Å². The van der Waals surface area contributed by atoms with Crippen LogP contribution in [0.1, 0.15) is 31.4 Å². The van der Waals surface area contributed by atoms with Gasteiger partial charge in [-0.05, 0) is 69.5 Å². The number of nitrogens with zero attached hydrogens (tertiary/aromatic N) is 2. The molecule has 26 heavy (non-hydrogen) atoms. The summed E-state index contributed by atoms with van der Waals surface area (Å²) in [5.41, 5.74) is 2.46. The molecule has 1 aromatic heterocycles. The number of ether oxygens (including phenoxy) is 1. The summed E-state index contributed by atoms with van der Waals surface area (Å²) in [6.07, 6.45) is 6.92. The zero-order chi connectivity index (χ0) is 18.0. The lowest BCUT2D eigenvalue weighted by molar-refractivity contribution is -0.140.